The number of methoxy groups -OCH3 is 2. The van der Waals surface area contributed by atoms with Crippen LogP contribution in [0.25, 0.3) is 22.3 Å². The summed E-state index contributed by atoms with van der Waals surface area (Å²) in [7, 11) is 3.16. The molecule has 0 aliphatic heterocycles. The molecule has 2 aromatic heterocycles. The van der Waals surface area contributed by atoms with Crippen LogP contribution in [0.5, 0.6) is 11.8 Å². The number of ether oxygens (including phenoxy) is 3. The van der Waals surface area contributed by atoms with Gasteiger partial charge in [0.1, 0.15) is 11.3 Å². The van der Waals surface area contributed by atoms with Gasteiger partial charge in [0.2, 0.25) is 0 Å². The first-order valence-corrected chi connectivity index (χ1v) is 9.62. The van der Waals surface area contributed by atoms with E-state index < -0.39 is 12.1 Å². The molecular formula is C20H21ClF3N3O3. The number of hydrogen-bond donors (Lipinski definition) is 0. The number of nitrogens with zero attached hydrogens (tertiary/aromatic N) is 3. The molecule has 1 unspecified atom stereocenters. The van der Waals surface area contributed by atoms with Gasteiger partial charge in [-0.15, -0.1) is 13.2 Å². The van der Waals surface area contributed by atoms with Crippen LogP contribution in [-0.2, 0) is 4.74 Å². The molecular weight excluding hydrogens is 423 g/mol. The molecule has 30 heavy (non-hydrogen) atoms. The molecule has 0 spiro atoms. The Hall–Kier alpha value is -2.52. The van der Waals surface area contributed by atoms with E-state index in [0.717, 1.165) is 18.9 Å². The zero-order chi connectivity index (χ0) is 21.9. The van der Waals surface area contributed by atoms with Crippen molar-refractivity contribution in [3.63, 3.8) is 0 Å². The van der Waals surface area contributed by atoms with Gasteiger partial charge in [-0.05, 0) is 37.1 Å². The summed E-state index contributed by atoms with van der Waals surface area (Å²) >= 11 is 6.28. The Morgan fingerprint density at radius 1 is 1.17 bits per heavy atom. The lowest BCUT2D eigenvalue weighted by atomic mass is 10.1. The Balaban J connectivity index is 2.10. The van der Waals surface area contributed by atoms with Crippen LogP contribution in [-0.4, -0.2) is 41.7 Å². The van der Waals surface area contributed by atoms with Gasteiger partial charge in [0.15, 0.2) is 5.65 Å². The highest BCUT2D eigenvalue weighted by molar-refractivity contribution is 6.33. The highest BCUT2D eigenvalue weighted by Crippen LogP contribution is 2.38. The third-order valence-electron chi connectivity index (χ3n) is 4.69. The summed E-state index contributed by atoms with van der Waals surface area (Å²) < 4.78 is 54.0. The van der Waals surface area contributed by atoms with E-state index in [0.29, 0.717) is 34.9 Å². The number of fused-ring (bicyclic) bond motifs is 1. The van der Waals surface area contributed by atoms with Crippen molar-refractivity contribution in [2.24, 2.45) is 0 Å². The zero-order valence-electron chi connectivity index (χ0n) is 16.7. The van der Waals surface area contributed by atoms with E-state index in [-0.39, 0.29) is 11.1 Å². The summed E-state index contributed by atoms with van der Waals surface area (Å²) in [5.74, 6) is -0.393. The van der Waals surface area contributed by atoms with Crippen molar-refractivity contribution in [1.29, 1.82) is 0 Å². The van der Waals surface area contributed by atoms with E-state index in [1.807, 2.05) is 11.5 Å². The minimum atomic E-state index is -4.79. The van der Waals surface area contributed by atoms with E-state index in [1.54, 1.807) is 19.4 Å². The minimum absolute atomic E-state index is 0.0469. The maximum atomic E-state index is 12.5. The van der Waals surface area contributed by atoms with Gasteiger partial charge in [-0.25, -0.2) is 4.98 Å². The van der Waals surface area contributed by atoms with Gasteiger partial charge < -0.3 is 14.2 Å². The molecule has 0 fully saturated rings. The number of benzene rings is 1. The van der Waals surface area contributed by atoms with E-state index in [4.69, 9.17) is 21.1 Å². The van der Waals surface area contributed by atoms with Crippen LogP contribution in [0.1, 0.15) is 25.8 Å². The predicted molar refractivity (Wildman–Crippen MR) is 107 cm³/mol. The molecule has 0 saturated carbocycles. The van der Waals surface area contributed by atoms with Crippen LogP contribution < -0.4 is 9.47 Å². The molecule has 0 aliphatic carbocycles. The van der Waals surface area contributed by atoms with Gasteiger partial charge in [-0.2, -0.15) is 4.98 Å². The maximum Gasteiger partial charge on any atom is 0.573 e. The average Bonchev–Trinajstić information content (AvgIpc) is 3.06. The zero-order valence-corrected chi connectivity index (χ0v) is 17.4. The van der Waals surface area contributed by atoms with E-state index >= 15 is 0 Å². The Bertz CT molecular complexity index is 1020. The lowest BCUT2D eigenvalue weighted by Crippen LogP contribution is -2.17. The van der Waals surface area contributed by atoms with Gasteiger partial charge in [-0.1, -0.05) is 18.5 Å². The first-order valence-electron chi connectivity index (χ1n) is 9.24. The molecule has 0 radical (unpaired) electrons. The number of imidazole rings is 1. The summed E-state index contributed by atoms with van der Waals surface area (Å²) in [4.78, 5) is 9.05. The summed E-state index contributed by atoms with van der Waals surface area (Å²) in [6.45, 7) is 2.61. The molecule has 0 bridgehead atoms. The van der Waals surface area contributed by atoms with Crippen LogP contribution >= 0.6 is 11.6 Å². The molecule has 2 heterocycles. The fourth-order valence-electron chi connectivity index (χ4n) is 3.34. The molecule has 3 aromatic rings. The van der Waals surface area contributed by atoms with E-state index in [2.05, 4.69) is 14.7 Å². The van der Waals surface area contributed by atoms with Crippen molar-refractivity contribution in [1.82, 2.24) is 14.5 Å². The van der Waals surface area contributed by atoms with Gasteiger partial charge >= 0.3 is 6.36 Å². The molecule has 0 saturated heterocycles. The number of rotatable bonds is 8. The summed E-state index contributed by atoms with van der Waals surface area (Å²) in [6, 6.07) is 5.94. The summed E-state index contributed by atoms with van der Waals surface area (Å²) in [5.41, 5.74) is 2.27. The lowest BCUT2D eigenvalue weighted by Gasteiger charge is -2.18. The molecule has 0 N–H and O–H groups in total. The predicted octanol–water partition coefficient (Wildman–Crippen LogP) is 5.65. The third-order valence-corrected chi connectivity index (χ3v) is 5.00. The number of aromatic nitrogens is 3. The molecule has 3 rings (SSSR count). The van der Waals surface area contributed by atoms with Gasteiger partial charge in [0.25, 0.3) is 6.01 Å². The average molecular weight is 444 g/mol. The first-order chi connectivity index (χ1) is 14.3. The monoisotopic (exact) mass is 443 g/mol. The van der Waals surface area contributed by atoms with Gasteiger partial charge in [-0.3, -0.25) is 4.57 Å². The first kappa shape index (κ1) is 22.2. The summed E-state index contributed by atoms with van der Waals surface area (Å²) in [5, 5.41) is 0.101. The van der Waals surface area contributed by atoms with Crippen molar-refractivity contribution in [3.05, 3.63) is 35.5 Å². The van der Waals surface area contributed by atoms with E-state index in [9.17, 15) is 13.2 Å². The minimum Gasteiger partial charge on any atom is -0.468 e. The number of pyridine rings is 1. The highest BCUT2D eigenvalue weighted by atomic mass is 35.5. The van der Waals surface area contributed by atoms with E-state index in [1.165, 1.54) is 19.2 Å². The smallest absolute Gasteiger partial charge is 0.468 e. The Labute approximate surface area is 176 Å². The Morgan fingerprint density at radius 2 is 1.93 bits per heavy atom. The molecule has 0 aliphatic rings. The molecule has 6 nitrogen and oxygen atoms in total. The molecule has 10 heteroatoms. The molecule has 0 amide bonds. The lowest BCUT2D eigenvalue weighted by molar-refractivity contribution is -0.274. The van der Waals surface area contributed by atoms with Crippen molar-refractivity contribution in [2.75, 3.05) is 20.8 Å². The van der Waals surface area contributed by atoms with Crippen molar-refractivity contribution in [3.8, 4) is 22.9 Å². The quantitative estimate of drug-likeness (QED) is 0.450. The maximum absolute atomic E-state index is 12.5. The fourth-order valence-corrected chi connectivity index (χ4v) is 3.61. The number of alkyl halides is 3. The van der Waals surface area contributed by atoms with Crippen molar-refractivity contribution >= 4 is 22.8 Å². The standard InChI is InChI=1S/C20H21ClF3N3O3/c1-4-12(8-10-28-2)27-18-17(26-19(27)29-3)15(7-9-25-18)14-6-5-13(11-16(14)21)30-20(22,23)24/h5-7,9,11-12H,4,8,10H2,1-3H3. The number of hydrogen-bond acceptors (Lipinski definition) is 5. The summed E-state index contributed by atoms with van der Waals surface area (Å²) in [6.07, 6.45) is -1.64. The second kappa shape index (κ2) is 9.09. The second-order valence-corrected chi connectivity index (χ2v) is 6.94. The van der Waals surface area contributed by atoms with Crippen LogP contribution in [0.15, 0.2) is 30.5 Å². The second-order valence-electron chi connectivity index (χ2n) is 6.53. The molecule has 162 valence electrons. The Morgan fingerprint density at radius 3 is 2.53 bits per heavy atom. The molecule has 1 atom stereocenters. The normalized spacial score (nSPS) is 12.9. The van der Waals surface area contributed by atoms with Gasteiger partial charge in [0, 0.05) is 37.1 Å². The topological polar surface area (TPSA) is 58.4 Å². The number of halogens is 4. The SMILES string of the molecule is CCC(CCOC)n1c(OC)nc2c(-c3ccc(OC(F)(F)F)cc3Cl)ccnc21. The Kier molecular flexibility index (Phi) is 6.72. The largest absolute Gasteiger partial charge is 0.573 e. The third kappa shape index (κ3) is 4.62. The molecule has 1 aromatic carbocycles. The highest BCUT2D eigenvalue weighted by Gasteiger charge is 2.31. The fraction of sp³-hybridized carbons (Fsp3) is 0.400. The van der Waals surface area contributed by atoms with Crippen LogP contribution in [0, 0.1) is 0 Å². The van der Waals surface area contributed by atoms with Crippen molar-refractivity contribution < 1.29 is 27.4 Å². The van der Waals surface area contributed by atoms with Crippen LogP contribution in [0.2, 0.25) is 5.02 Å². The van der Waals surface area contributed by atoms with Crippen LogP contribution in [0.3, 0.4) is 0 Å². The van der Waals surface area contributed by atoms with Crippen LogP contribution in [0.4, 0.5) is 13.2 Å². The van der Waals surface area contributed by atoms with Gasteiger partial charge in [0.05, 0.1) is 12.1 Å². The van der Waals surface area contributed by atoms with Crippen molar-refractivity contribution in [2.45, 2.75) is 32.2 Å².